The average Bonchev–Trinajstić information content (AvgIpc) is 2.69. The molecule has 0 spiro atoms. The highest BCUT2D eigenvalue weighted by Gasteiger charge is 2.32. The lowest BCUT2D eigenvalue weighted by molar-refractivity contribution is -0.919. The van der Waals surface area contributed by atoms with Gasteiger partial charge in [-0.15, -0.1) is 0 Å². The fourth-order valence-electron chi connectivity index (χ4n) is 4.29. The molecule has 4 heteroatoms. The number of amides is 1. The van der Waals surface area contributed by atoms with E-state index in [0.29, 0.717) is 5.91 Å². The first-order valence-corrected chi connectivity index (χ1v) is 10.2. The number of hydrogen-bond acceptors (Lipinski definition) is 1. The number of nitrogens with zero attached hydrogens (tertiary/aromatic N) is 1. The number of piperidine rings is 1. The quantitative estimate of drug-likeness (QED) is 0.760. The van der Waals surface area contributed by atoms with E-state index in [0.717, 1.165) is 65.1 Å². The molecule has 1 amide bonds. The van der Waals surface area contributed by atoms with Crippen LogP contribution in [0.5, 0.6) is 0 Å². The maximum Gasteiger partial charge on any atom is 0.226 e. The molecule has 25 heavy (non-hydrogen) atoms. The monoisotopic (exact) mass is 345 g/mol. The van der Waals surface area contributed by atoms with Crippen LogP contribution in [0.3, 0.4) is 0 Å². The molecule has 2 aliphatic rings. The Morgan fingerprint density at radius 2 is 1.56 bits per heavy atom. The highest BCUT2D eigenvalue weighted by atomic mass is 16.2. The standard InChI is InChI=1S/C21H33N3O/c1-3-18-5-7-19(8-6-18)17-23-11-9-20(10-12-23)21(25)24-15-13-22(4-2)14-16-24/h5-8,20H,3-4,9-17H2,1-2H3/p+2. The predicted octanol–water partition coefficient (Wildman–Crippen LogP) is -0.209. The smallest absolute Gasteiger partial charge is 0.226 e. The summed E-state index contributed by atoms with van der Waals surface area (Å²) in [6.07, 6.45) is 3.22. The number of aryl methyl sites for hydroxylation is 1. The fourth-order valence-corrected chi connectivity index (χ4v) is 4.29. The van der Waals surface area contributed by atoms with Crippen molar-refractivity contribution in [3.63, 3.8) is 0 Å². The average molecular weight is 346 g/mol. The van der Waals surface area contributed by atoms with Gasteiger partial charge in [-0.05, 0) is 18.9 Å². The van der Waals surface area contributed by atoms with E-state index in [1.807, 2.05) is 0 Å². The minimum Gasteiger partial charge on any atom is -0.332 e. The van der Waals surface area contributed by atoms with Crippen LogP contribution < -0.4 is 9.80 Å². The van der Waals surface area contributed by atoms with E-state index in [2.05, 4.69) is 43.0 Å². The van der Waals surface area contributed by atoms with Crippen molar-refractivity contribution in [3.8, 4) is 0 Å². The third-order valence-electron chi connectivity index (χ3n) is 6.21. The van der Waals surface area contributed by atoms with Gasteiger partial charge in [-0.3, -0.25) is 4.79 Å². The predicted molar refractivity (Wildman–Crippen MR) is 101 cm³/mol. The first-order chi connectivity index (χ1) is 12.2. The van der Waals surface area contributed by atoms with Gasteiger partial charge in [0.05, 0.1) is 45.8 Å². The van der Waals surface area contributed by atoms with E-state index in [9.17, 15) is 4.79 Å². The van der Waals surface area contributed by atoms with E-state index >= 15 is 0 Å². The zero-order valence-electron chi connectivity index (χ0n) is 16.0. The third-order valence-corrected chi connectivity index (χ3v) is 6.21. The van der Waals surface area contributed by atoms with Crippen LogP contribution in [0, 0.1) is 5.92 Å². The van der Waals surface area contributed by atoms with Crippen LogP contribution in [0.25, 0.3) is 0 Å². The van der Waals surface area contributed by atoms with Gasteiger partial charge in [0.2, 0.25) is 5.91 Å². The van der Waals surface area contributed by atoms with E-state index in [-0.39, 0.29) is 5.92 Å². The topological polar surface area (TPSA) is 29.2 Å². The van der Waals surface area contributed by atoms with Crippen molar-refractivity contribution in [1.29, 1.82) is 0 Å². The summed E-state index contributed by atoms with van der Waals surface area (Å²) in [5.41, 5.74) is 2.84. The molecule has 1 aromatic carbocycles. The lowest BCUT2D eigenvalue weighted by Gasteiger charge is -2.35. The molecule has 0 radical (unpaired) electrons. The molecule has 2 fully saturated rings. The number of rotatable bonds is 5. The first kappa shape index (κ1) is 18.4. The second-order valence-corrected chi connectivity index (χ2v) is 7.80. The molecule has 0 aromatic heterocycles. The number of likely N-dealkylation sites (N-methyl/N-ethyl adjacent to an activating group) is 1. The molecule has 0 saturated carbocycles. The second kappa shape index (κ2) is 8.81. The van der Waals surface area contributed by atoms with Crippen LogP contribution in [0.2, 0.25) is 0 Å². The number of likely N-dealkylation sites (tertiary alicyclic amines) is 1. The molecule has 0 aliphatic carbocycles. The molecular weight excluding hydrogens is 310 g/mol. The van der Waals surface area contributed by atoms with E-state index in [1.54, 1.807) is 9.80 Å². The van der Waals surface area contributed by atoms with Crippen LogP contribution in [0.15, 0.2) is 24.3 Å². The number of hydrogen-bond donors (Lipinski definition) is 2. The van der Waals surface area contributed by atoms with Crippen molar-refractivity contribution in [1.82, 2.24) is 4.90 Å². The summed E-state index contributed by atoms with van der Waals surface area (Å²) in [4.78, 5) is 18.2. The molecule has 2 heterocycles. The Morgan fingerprint density at radius 1 is 0.960 bits per heavy atom. The number of piperazine rings is 1. The molecule has 0 bridgehead atoms. The van der Waals surface area contributed by atoms with E-state index < -0.39 is 0 Å². The van der Waals surface area contributed by atoms with E-state index in [1.165, 1.54) is 17.7 Å². The van der Waals surface area contributed by atoms with Crippen LogP contribution in [0.1, 0.15) is 37.8 Å². The normalized spacial score (nSPS) is 25.1. The van der Waals surface area contributed by atoms with Gasteiger partial charge in [-0.2, -0.15) is 0 Å². The Balaban J connectivity index is 1.44. The van der Waals surface area contributed by atoms with Gasteiger partial charge in [0.25, 0.3) is 0 Å². The van der Waals surface area contributed by atoms with Crippen molar-refractivity contribution in [3.05, 3.63) is 35.4 Å². The molecule has 4 nitrogen and oxygen atoms in total. The Hall–Kier alpha value is -1.39. The summed E-state index contributed by atoms with van der Waals surface area (Å²) >= 11 is 0. The van der Waals surface area contributed by atoms with Crippen LogP contribution >= 0.6 is 0 Å². The molecule has 2 saturated heterocycles. The molecule has 3 rings (SSSR count). The van der Waals surface area contributed by atoms with Gasteiger partial charge in [0, 0.05) is 24.3 Å². The summed E-state index contributed by atoms with van der Waals surface area (Å²) < 4.78 is 0. The zero-order chi connectivity index (χ0) is 17.6. The van der Waals surface area contributed by atoms with Gasteiger partial charge in [0.1, 0.15) is 6.54 Å². The third kappa shape index (κ3) is 4.83. The molecule has 138 valence electrons. The maximum atomic E-state index is 12.8. The van der Waals surface area contributed by atoms with E-state index in [4.69, 9.17) is 0 Å². The van der Waals surface area contributed by atoms with Gasteiger partial charge < -0.3 is 14.7 Å². The lowest BCUT2D eigenvalue weighted by Crippen LogP contribution is -3.14. The molecule has 2 aliphatic heterocycles. The Bertz CT molecular complexity index is 541. The van der Waals surface area contributed by atoms with Gasteiger partial charge in [0.15, 0.2) is 0 Å². The largest absolute Gasteiger partial charge is 0.332 e. The van der Waals surface area contributed by atoms with Crippen molar-refractivity contribution in [2.24, 2.45) is 5.92 Å². The maximum absolute atomic E-state index is 12.8. The summed E-state index contributed by atoms with van der Waals surface area (Å²) in [6.45, 7) is 13.1. The Labute approximate surface area is 152 Å². The van der Waals surface area contributed by atoms with Crippen molar-refractivity contribution in [2.75, 3.05) is 45.8 Å². The van der Waals surface area contributed by atoms with Gasteiger partial charge >= 0.3 is 0 Å². The number of carbonyl (C=O) groups excluding carboxylic acids is 1. The molecular formula is C21H35N3O+2. The second-order valence-electron chi connectivity index (χ2n) is 7.80. The summed E-state index contributed by atoms with van der Waals surface area (Å²) in [5.74, 6) is 0.705. The zero-order valence-corrected chi connectivity index (χ0v) is 16.0. The highest BCUT2D eigenvalue weighted by Crippen LogP contribution is 2.14. The van der Waals surface area contributed by atoms with Gasteiger partial charge in [-0.25, -0.2) is 0 Å². The summed E-state index contributed by atoms with van der Waals surface area (Å²) in [6, 6.07) is 9.06. The number of quaternary nitrogens is 2. The Morgan fingerprint density at radius 3 is 2.12 bits per heavy atom. The summed E-state index contributed by atoms with van der Waals surface area (Å²) in [5, 5.41) is 0. The van der Waals surface area contributed by atoms with Crippen molar-refractivity contribution < 1.29 is 14.6 Å². The molecule has 0 atom stereocenters. The number of benzene rings is 1. The van der Waals surface area contributed by atoms with Crippen LogP contribution in [-0.2, 0) is 17.8 Å². The lowest BCUT2D eigenvalue weighted by atomic mass is 9.94. The summed E-state index contributed by atoms with van der Waals surface area (Å²) in [7, 11) is 0. The molecule has 2 N–H and O–H groups in total. The highest BCUT2D eigenvalue weighted by molar-refractivity contribution is 5.79. The number of nitrogens with one attached hydrogen (secondary N) is 2. The minimum atomic E-state index is 0.273. The number of carbonyl (C=O) groups is 1. The minimum absolute atomic E-state index is 0.273. The van der Waals surface area contributed by atoms with Crippen molar-refractivity contribution >= 4 is 5.91 Å². The molecule has 1 aromatic rings. The van der Waals surface area contributed by atoms with Crippen LogP contribution in [-0.4, -0.2) is 56.6 Å². The molecule has 0 unspecified atom stereocenters. The SMILES string of the molecule is CCc1ccc(C[NH+]2CCC(C(=O)N3CC[NH+](CC)CC3)CC2)cc1. The fraction of sp³-hybridized carbons (Fsp3) is 0.667. The first-order valence-electron chi connectivity index (χ1n) is 10.2. The van der Waals surface area contributed by atoms with Crippen LogP contribution in [0.4, 0.5) is 0 Å². The Kier molecular flexibility index (Phi) is 6.49. The van der Waals surface area contributed by atoms with Gasteiger partial charge in [-0.1, -0.05) is 31.2 Å². The van der Waals surface area contributed by atoms with Crippen molar-refractivity contribution in [2.45, 2.75) is 39.7 Å².